The van der Waals surface area contributed by atoms with E-state index >= 15 is 0 Å². The molecule has 0 spiro atoms. The molecule has 0 amide bonds. The number of aryl methyl sites for hydroxylation is 1. The molecule has 0 N–H and O–H groups in total. The summed E-state index contributed by atoms with van der Waals surface area (Å²) in [6, 6.07) is 21.9. The van der Waals surface area contributed by atoms with Crippen molar-refractivity contribution in [3.05, 3.63) is 69.8 Å². The van der Waals surface area contributed by atoms with Gasteiger partial charge in [0.1, 0.15) is 0 Å². The summed E-state index contributed by atoms with van der Waals surface area (Å²) in [5.41, 5.74) is 3.86. The van der Waals surface area contributed by atoms with Gasteiger partial charge in [-0.15, -0.1) is 0 Å². The predicted octanol–water partition coefficient (Wildman–Crippen LogP) is 5.42. The van der Waals surface area contributed by atoms with Gasteiger partial charge in [-0.2, -0.15) is 0 Å². The van der Waals surface area contributed by atoms with Crippen LogP contribution < -0.4 is 0 Å². The average Bonchev–Trinajstić information content (AvgIpc) is 2.39. The van der Waals surface area contributed by atoms with Gasteiger partial charge in [0.05, 0.1) is 0 Å². The maximum absolute atomic E-state index is 2.35. The van der Waals surface area contributed by atoms with Gasteiger partial charge in [0, 0.05) is 3.57 Å². The van der Waals surface area contributed by atoms with Crippen LogP contribution in [0.1, 0.15) is 5.56 Å². The minimum Gasteiger partial charge on any atom is -0.0587 e. The van der Waals surface area contributed by atoms with E-state index in [-0.39, 0.29) is 0 Å². The zero-order valence-corrected chi connectivity index (χ0v) is 12.3. The third-order valence-corrected chi connectivity index (χ3v) is 3.86. The molecule has 0 fully saturated rings. The smallest absolute Gasteiger partial charge is 0.0136 e. The zero-order chi connectivity index (χ0) is 12.5. The van der Waals surface area contributed by atoms with Crippen molar-refractivity contribution in [2.75, 3.05) is 0 Å². The molecule has 0 radical (unpaired) electrons. The predicted molar refractivity (Wildman–Crippen MR) is 86.8 cm³/mol. The van der Waals surface area contributed by atoms with Crippen molar-refractivity contribution in [1.82, 2.24) is 0 Å². The Morgan fingerprint density at radius 1 is 0.667 bits per heavy atom. The Hall–Kier alpha value is -1.35. The highest BCUT2D eigenvalue weighted by molar-refractivity contribution is 14.1. The first-order valence-electron chi connectivity index (χ1n) is 5.99. The Balaban J connectivity index is 2.13. The van der Waals surface area contributed by atoms with Crippen LogP contribution in [-0.2, 0) is 0 Å². The number of halogens is 1. The Morgan fingerprint density at radius 2 is 1.28 bits per heavy atom. The molecule has 0 aliphatic rings. The quantitative estimate of drug-likeness (QED) is 0.517. The maximum Gasteiger partial charge on any atom is 0.0136 e. The van der Waals surface area contributed by atoms with Gasteiger partial charge in [-0.1, -0.05) is 48.0 Å². The highest BCUT2D eigenvalue weighted by Crippen LogP contribution is 2.25. The molecule has 0 bridgehead atoms. The fourth-order valence-corrected chi connectivity index (χ4v) is 2.66. The van der Waals surface area contributed by atoms with Crippen LogP contribution in [0.5, 0.6) is 0 Å². The standard InChI is InChI=1S/C17H13I/c1-12-2-4-13(5-3-12)14-6-7-16-11-17(18)9-8-15(16)10-14/h2-11H,1H3. The summed E-state index contributed by atoms with van der Waals surface area (Å²) in [6.07, 6.45) is 0. The normalized spacial score (nSPS) is 10.8. The molecule has 0 unspecified atom stereocenters. The average molecular weight is 344 g/mol. The fraction of sp³-hybridized carbons (Fsp3) is 0.0588. The fourth-order valence-electron chi connectivity index (χ4n) is 2.14. The van der Waals surface area contributed by atoms with E-state index in [1.807, 2.05) is 0 Å². The van der Waals surface area contributed by atoms with E-state index in [0.29, 0.717) is 0 Å². The molecule has 0 nitrogen and oxygen atoms in total. The first-order valence-corrected chi connectivity index (χ1v) is 7.07. The number of hydrogen-bond acceptors (Lipinski definition) is 0. The molecule has 1 heteroatoms. The van der Waals surface area contributed by atoms with Crippen LogP contribution in [0.3, 0.4) is 0 Å². The molecule has 18 heavy (non-hydrogen) atoms. The first-order chi connectivity index (χ1) is 8.72. The Kier molecular flexibility index (Phi) is 3.08. The van der Waals surface area contributed by atoms with Gasteiger partial charge in [-0.05, 0) is 69.6 Å². The third-order valence-electron chi connectivity index (χ3n) is 3.19. The van der Waals surface area contributed by atoms with Crippen molar-refractivity contribution < 1.29 is 0 Å². The van der Waals surface area contributed by atoms with Crippen LogP contribution in [0.25, 0.3) is 21.9 Å². The summed E-state index contributed by atoms with van der Waals surface area (Å²) in [5.74, 6) is 0. The van der Waals surface area contributed by atoms with Crippen LogP contribution in [0.4, 0.5) is 0 Å². The molecule has 3 aromatic carbocycles. The van der Waals surface area contributed by atoms with Gasteiger partial charge in [0.25, 0.3) is 0 Å². The summed E-state index contributed by atoms with van der Waals surface area (Å²) in [4.78, 5) is 0. The SMILES string of the molecule is Cc1ccc(-c2ccc3cc(I)ccc3c2)cc1. The molecule has 3 rings (SSSR count). The molecule has 0 atom stereocenters. The van der Waals surface area contributed by atoms with Crippen LogP contribution >= 0.6 is 22.6 Å². The molecular formula is C17H13I. The Bertz CT molecular complexity index is 696. The van der Waals surface area contributed by atoms with E-state index in [2.05, 4.69) is 90.2 Å². The lowest BCUT2D eigenvalue weighted by Gasteiger charge is -2.05. The van der Waals surface area contributed by atoms with Gasteiger partial charge in [0.2, 0.25) is 0 Å². The summed E-state index contributed by atoms with van der Waals surface area (Å²) in [5, 5.41) is 2.60. The van der Waals surface area contributed by atoms with E-state index in [4.69, 9.17) is 0 Å². The molecule has 0 saturated heterocycles. The van der Waals surface area contributed by atoms with Crippen LogP contribution in [-0.4, -0.2) is 0 Å². The molecule has 88 valence electrons. The van der Waals surface area contributed by atoms with E-state index in [0.717, 1.165) is 0 Å². The molecule has 0 aliphatic heterocycles. The summed E-state index contributed by atoms with van der Waals surface area (Å²) in [7, 11) is 0. The van der Waals surface area contributed by atoms with Crippen LogP contribution in [0.2, 0.25) is 0 Å². The topological polar surface area (TPSA) is 0 Å². The molecular weight excluding hydrogens is 331 g/mol. The zero-order valence-electron chi connectivity index (χ0n) is 10.2. The number of rotatable bonds is 1. The third kappa shape index (κ3) is 2.27. The highest BCUT2D eigenvalue weighted by atomic mass is 127. The van der Waals surface area contributed by atoms with Crippen molar-refractivity contribution in [2.45, 2.75) is 6.92 Å². The summed E-state index contributed by atoms with van der Waals surface area (Å²) < 4.78 is 1.28. The lowest BCUT2D eigenvalue weighted by molar-refractivity contribution is 1.47. The number of benzene rings is 3. The monoisotopic (exact) mass is 344 g/mol. The van der Waals surface area contributed by atoms with Gasteiger partial charge in [-0.3, -0.25) is 0 Å². The van der Waals surface area contributed by atoms with Crippen molar-refractivity contribution in [1.29, 1.82) is 0 Å². The second kappa shape index (κ2) is 4.73. The Morgan fingerprint density at radius 3 is 2.06 bits per heavy atom. The summed E-state index contributed by atoms with van der Waals surface area (Å²) >= 11 is 2.35. The lowest BCUT2D eigenvalue weighted by atomic mass is 10.0. The molecule has 0 aliphatic carbocycles. The largest absolute Gasteiger partial charge is 0.0587 e. The molecule has 0 saturated carbocycles. The molecule has 3 aromatic rings. The van der Waals surface area contributed by atoms with Crippen molar-refractivity contribution in [2.24, 2.45) is 0 Å². The number of fused-ring (bicyclic) bond motifs is 1. The first kappa shape index (κ1) is 11.7. The van der Waals surface area contributed by atoms with Gasteiger partial charge in [-0.25, -0.2) is 0 Å². The van der Waals surface area contributed by atoms with Crippen LogP contribution in [0, 0.1) is 10.5 Å². The Labute approximate surface area is 121 Å². The minimum atomic E-state index is 1.28. The van der Waals surface area contributed by atoms with E-state index in [1.165, 1.54) is 31.0 Å². The highest BCUT2D eigenvalue weighted by Gasteiger charge is 2.00. The van der Waals surface area contributed by atoms with Crippen LogP contribution in [0.15, 0.2) is 60.7 Å². The van der Waals surface area contributed by atoms with Crippen molar-refractivity contribution >= 4 is 33.4 Å². The second-order valence-corrected chi connectivity index (χ2v) is 5.82. The lowest BCUT2D eigenvalue weighted by Crippen LogP contribution is -1.80. The van der Waals surface area contributed by atoms with E-state index < -0.39 is 0 Å². The van der Waals surface area contributed by atoms with Crippen molar-refractivity contribution in [3.63, 3.8) is 0 Å². The van der Waals surface area contributed by atoms with Crippen molar-refractivity contribution in [3.8, 4) is 11.1 Å². The van der Waals surface area contributed by atoms with E-state index in [9.17, 15) is 0 Å². The number of hydrogen-bond donors (Lipinski definition) is 0. The van der Waals surface area contributed by atoms with E-state index in [1.54, 1.807) is 0 Å². The molecule has 0 heterocycles. The van der Waals surface area contributed by atoms with Gasteiger partial charge >= 0.3 is 0 Å². The van der Waals surface area contributed by atoms with Gasteiger partial charge < -0.3 is 0 Å². The minimum absolute atomic E-state index is 1.28. The maximum atomic E-state index is 2.35. The summed E-state index contributed by atoms with van der Waals surface area (Å²) in [6.45, 7) is 2.12. The second-order valence-electron chi connectivity index (χ2n) is 4.57. The molecule has 0 aromatic heterocycles. The van der Waals surface area contributed by atoms with Gasteiger partial charge in [0.15, 0.2) is 0 Å².